The van der Waals surface area contributed by atoms with E-state index < -0.39 is 14.0 Å². The fraction of sp³-hybridized carbons (Fsp3) is 0.300. The van der Waals surface area contributed by atoms with Gasteiger partial charge in [-0.3, -0.25) is 4.90 Å². The van der Waals surface area contributed by atoms with Crippen LogP contribution in [0.15, 0.2) is 30.3 Å². The summed E-state index contributed by atoms with van der Waals surface area (Å²) in [6.45, 7) is 0.203. The summed E-state index contributed by atoms with van der Waals surface area (Å²) >= 11 is 0. The first-order valence-electron chi connectivity index (χ1n) is 4.79. The van der Waals surface area contributed by atoms with Crippen LogP contribution in [-0.2, 0) is 15.9 Å². The Bertz CT molecular complexity index is 352. The smallest absolute Gasteiger partial charge is 0.369 e. The summed E-state index contributed by atoms with van der Waals surface area (Å²) < 4.78 is 10.6. The van der Waals surface area contributed by atoms with E-state index in [1.165, 1.54) is 0 Å². The van der Waals surface area contributed by atoms with Gasteiger partial charge in [0.25, 0.3) is 6.29 Å². The molecule has 0 amide bonds. The van der Waals surface area contributed by atoms with Gasteiger partial charge in [-0.2, -0.15) is 0 Å². The molecule has 86 valence electrons. The van der Waals surface area contributed by atoms with Gasteiger partial charge in [-0.15, -0.1) is 0 Å². The molecule has 2 atom stereocenters. The topological polar surface area (TPSA) is 81.9 Å². The Kier molecular flexibility index (Phi) is 5.05. The second-order valence-corrected chi connectivity index (χ2v) is 4.46. The lowest BCUT2D eigenvalue weighted by molar-refractivity contribution is -0.895. The van der Waals surface area contributed by atoms with E-state index in [2.05, 4.69) is 0 Å². The Balaban J connectivity index is 2.63. The molecule has 1 rings (SSSR count). The van der Waals surface area contributed by atoms with Crippen LogP contribution in [0.1, 0.15) is 5.56 Å². The molecule has 0 saturated carbocycles. The number of benzene rings is 1. The van der Waals surface area contributed by atoms with Crippen molar-refractivity contribution in [2.45, 2.75) is 6.54 Å². The number of aliphatic carboxylic acids is 1. The molecule has 0 aliphatic carbocycles. The maximum atomic E-state index is 10.6. The normalized spacial score (nSPS) is 13.2. The highest BCUT2D eigenvalue weighted by Gasteiger charge is 2.19. The van der Waals surface area contributed by atoms with Crippen LogP contribution in [0.3, 0.4) is 0 Å². The number of rotatable bonds is 6. The molecule has 0 heterocycles. The highest BCUT2D eigenvalue weighted by molar-refractivity contribution is 7.36. The third kappa shape index (κ3) is 4.98. The zero-order chi connectivity index (χ0) is 12.0. The molecule has 6 heteroatoms. The van der Waals surface area contributed by atoms with E-state index in [1.54, 1.807) is 0 Å². The molecule has 1 aromatic carbocycles. The molecule has 2 unspecified atom stereocenters. The molecule has 0 aromatic heterocycles. The highest BCUT2D eigenvalue weighted by Crippen LogP contribution is 2.00. The number of carboxylic acids is 1. The Labute approximate surface area is 94.2 Å². The standard InChI is InChI=1S/C10H12NO4P/c12-10(13)7-11(8-16(14)15)6-9-4-2-1-3-5-9/h1-5H,6-8H2,(H,12,13)/p+1. The first kappa shape index (κ1) is 12.8. The Morgan fingerprint density at radius 3 is 2.50 bits per heavy atom. The van der Waals surface area contributed by atoms with E-state index in [1.807, 2.05) is 30.3 Å². The summed E-state index contributed by atoms with van der Waals surface area (Å²) in [5.74, 6) is -0.997. The summed E-state index contributed by atoms with van der Waals surface area (Å²) in [5, 5.41) is 8.66. The van der Waals surface area contributed by atoms with Crippen molar-refractivity contribution in [1.29, 1.82) is 0 Å². The Morgan fingerprint density at radius 1 is 1.38 bits per heavy atom. The van der Waals surface area contributed by atoms with Gasteiger partial charge in [-0.05, 0) is 0 Å². The fourth-order valence-electron chi connectivity index (χ4n) is 1.46. The van der Waals surface area contributed by atoms with E-state index in [4.69, 9.17) is 5.11 Å². The van der Waals surface area contributed by atoms with Crippen LogP contribution >= 0.6 is 8.03 Å². The van der Waals surface area contributed by atoms with Crippen LogP contribution in [0.25, 0.3) is 0 Å². The van der Waals surface area contributed by atoms with Crippen LogP contribution in [0.4, 0.5) is 0 Å². The van der Waals surface area contributed by atoms with Crippen molar-refractivity contribution in [1.82, 2.24) is 0 Å². The van der Waals surface area contributed by atoms with Crippen molar-refractivity contribution in [2.24, 2.45) is 0 Å². The van der Waals surface area contributed by atoms with Crippen molar-refractivity contribution in [3.05, 3.63) is 35.9 Å². The van der Waals surface area contributed by atoms with Crippen molar-refractivity contribution in [3.63, 3.8) is 0 Å². The molecular weight excluding hydrogens is 229 g/mol. The predicted molar refractivity (Wildman–Crippen MR) is 56.1 cm³/mol. The quantitative estimate of drug-likeness (QED) is 0.641. The van der Waals surface area contributed by atoms with Gasteiger partial charge in [0, 0.05) is 5.56 Å². The van der Waals surface area contributed by atoms with Gasteiger partial charge >= 0.3 is 14.0 Å². The molecule has 2 N–H and O–H groups in total. The summed E-state index contributed by atoms with van der Waals surface area (Å²) in [6.07, 6.45) is -0.156. The lowest BCUT2D eigenvalue weighted by atomic mass is 10.2. The minimum Gasteiger partial charge on any atom is -0.591 e. The van der Waals surface area contributed by atoms with Crippen molar-refractivity contribution in [2.75, 3.05) is 12.8 Å². The number of hydrogen-bond acceptors (Lipinski definition) is 3. The number of hydrogen-bond donors (Lipinski definition) is 2. The first-order valence-corrected chi connectivity index (χ1v) is 6.15. The van der Waals surface area contributed by atoms with Gasteiger partial charge in [0.05, 0.1) is 0 Å². The lowest BCUT2D eigenvalue weighted by Gasteiger charge is -2.12. The molecule has 5 nitrogen and oxygen atoms in total. The summed E-state index contributed by atoms with van der Waals surface area (Å²) in [4.78, 5) is 21.7. The second-order valence-electron chi connectivity index (χ2n) is 3.47. The molecule has 0 bridgehead atoms. The molecule has 0 fully saturated rings. The van der Waals surface area contributed by atoms with Crippen molar-refractivity contribution < 1.29 is 24.3 Å². The fourth-order valence-corrected chi connectivity index (χ4v) is 2.04. The number of carboxylic acid groups (broad SMARTS) is 1. The summed E-state index contributed by atoms with van der Waals surface area (Å²) in [6, 6.07) is 9.23. The minimum absolute atomic E-state index is 0.156. The van der Waals surface area contributed by atoms with E-state index >= 15 is 0 Å². The van der Waals surface area contributed by atoms with E-state index in [0.717, 1.165) is 5.56 Å². The average molecular weight is 242 g/mol. The van der Waals surface area contributed by atoms with Crippen molar-refractivity contribution in [3.8, 4) is 0 Å². The Hall–Kier alpha value is -1.29. The highest BCUT2D eigenvalue weighted by atomic mass is 31.1. The van der Waals surface area contributed by atoms with E-state index in [9.17, 15) is 14.3 Å². The van der Waals surface area contributed by atoms with Crippen LogP contribution < -0.4 is 9.79 Å². The summed E-state index contributed by atoms with van der Waals surface area (Å²) in [5.41, 5.74) is 0.926. The zero-order valence-corrected chi connectivity index (χ0v) is 9.52. The van der Waals surface area contributed by atoms with Gasteiger partial charge in [0.15, 0.2) is 6.54 Å². The summed E-state index contributed by atoms with van der Waals surface area (Å²) in [7, 11) is -2.57. The SMILES string of the molecule is O=C(O)C[NH+](Cc1ccccc1)C[P+](=O)[O-]. The average Bonchev–Trinajstić information content (AvgIpc) is 2.16. The van der Waals surface area contributed by atoms with Crippen LogP contribution in [-0.4, -0.2) is 23.9 Å². The molecule has 0 aliphatic heterocycles. The molecule has 0 spiro atoms. The monoisotopic (exact) mass is 242 g/mol. The van der Waals surface area contributed by atoms with Crippen molar-refractivity contribution >= 4 is 14.0 Å². The largest absolute Gasteiger partial charge is 0.591 e. The van der Waals surface area contributed by atoms with Crippen LogP contribution in [0, 0.1) is 0 Å². The molecular formula is C10H13NO4P+. The van der Waals surface area contributed by atoms with Gasteiger partial charge < -0.3 is 10.00 Å². The molecule has 0 radical (unpaired) electrons. The minimum atomic E-state index is -2.57. The number of nitrogens with one attached hydrogen (secondary N) is 1. The predicted octanol–water partition coefficient (Wildman–Crippen LogP) is -0.784. The van der Waals surface area contributed by atoms with Gasteiger partial charge in [0.1, 0.15) is 6.54 Å². The number of quaternary nitrogens is 1. The third-order valence-electron chi connectivity index (χ3n) is 2.05. The first-order chi connectivity index (χ1) is 7.58. The van der Waals surface area contributed by atoms with E-state index in [-0.39, 0.29) is 12.8 Å². The maximum absolute atomic E-state index is 10.6. The maximum Gasteiger partial charge on any atom is 0.369 e. The molecule has 0 aliphatic rings. The molecule has 1 aromatic rings. The van der Waals surface area contributed by atoms with Crippen LogP contribution in [0.5, 0.6) is 0 Å². The zero-order valence-electron chi connectivity index (χ0n) is 8.63. The molecule has 0 saturated heterocycles. The molecule has 16 heavy (non-hydrogen) atoms. The second kappa shape index (κ2) is 6.33. The van der Waals surface area contributed by atoms with E-state index in [0.29, 0.717) is 11.4 Å². The Morgan fingerprint density at radius 2 is 2.00 bits per heavy atom. The van der Waals surface area contributed by atoms with Gasteiger partial charge in [-0.25, -0.2) is 4.79 Å². The van der Waals surface area contributed by atoms with Gasteiger partial charge in [-0.1, -0.05) is 34.9 Å². The van der Waals surface area contributed by atoms with Crippen LogP contribution in [0.2, 0.25) is 0 Å². The third-order valence-corrected chi connectivity index (χ3v) is 2.76. The lowest BCUT2D eigenvalue weighted by Crippen LogP contribution is -3.11. The van der Waals surface area contributed by atoms with Gasteiger partial charge in [0.2, 0.25) is 0 Å². The number of carbonyl (C=O) groups is 1.